The standard InChI is InChI=1S/C11H7ClF3N3O/c12-8-1-2-9(7(5-8)3-4-19)18-6-10(16-17-18)11(13,14)15/h1-2,4-6H,3H2. The third-order valence-corrected chi connectivity index (χ3v) is 2.61. The number of carbonyl (C=O) groups is 1. The number of halogens is 4. The van der Waals surface area contributed by atoms with Gasteiger partial charge in [-0.1, -0.05) is 16.8 Å². The van der Waals surface area contributed by atoms with Gasteiger partial charge in [-0.2, -0.15) is 13.2 Å². The molecule has 0 fully saturated rings. The smallest absolute Gasteiger partial charge is 0.303 e. The lowest BCUT2D eigenvalue weighted by Crippen LogP contribution is -2.05. The highest BCUT2D eigenvalue weighted by atomic mass is 35.5. The molecule has 0 saturated heterocycles. The van der Waals surface area contributed by atoms with Crippen LogP contribution in [0.2, 0.25) is 5.02 Å². The van der Waals surface area contributed by atoms with Gasteiger partial charge in [-0.05, 0) is 23.8 Å². The zero-order valence-electron chi connectivity index (χ0n) is 9.36. The summed E-state index contributed by atoms with van der Waals surface area (Å²) >= 11 is 5.78. The molecule has 2 aromatic rings. The Bertz CT molecular complexity index is 609. The number of aromatic nitrogens is 3. The van der Waals surface area contributed by atoms with Crippen LogP contribution in [-0.2, 0) is 17.4 Å². The lowest BCUT2D eigenvalue weighted by atomic mass is 10.1. The average Bonchev–Trinajstić information content (AvgIpc) is 2.78. The largest absolute Gasteiger partial charge is 0.436 e. The first-order chi connectivity index (χ1) is 8.91. The van der Waals surface area contributed by atoms with Crippen LogP contribution in [0.15, 0.2) is 24.4 Å². The minimum Gasteiger partial charge on any atom is -0.303 e. The normalized spacial score (nSPS) is 11.6. The Morgan fingerprint density at radius 1 is 1.37 bits per heavy atom. The van der Waals surface area contributed by atoms with Crippen LogP contribution in [0.1, 0.15) is 11.3 Å². The summed E-state index contributed by atoms with van der Waals surface area (Å²) in [4.78, 5) is 10.6. The molecule has 0 bridgehead atoms. The Balaban J connectivity index is 2.46. The van der Waals surface area contributed by atoms with E-state index in [1.807, 2.05) is 0 Å². The van der Waals surface area contributed by atoms with Crippen LogP contribution in [0, 0.1) is 0 Å². The van der Waals surface area contributed by atoms with Crippen LogP contribution in [0.3, 0.4) is 0 Å². The fourth-order valence-corrected chi connectivity index (χ4v) is 1.74. The zero-order valence-corrected chi connectivity index (χ0v) is 10.1. The summed E-state index contributed by atoms with van der Waals surface area (Å²) in [7, 11) is 0. The van der Waals surface area contributed by atoms with E-state index in [2.05, 4.69) is 10.3 Å². The monoisotopic (exact) mass is 289 g/mol. The van der Waals surface area contributed by atoms with Crippen LogP contribution in [-0.4, -0.2) is 21.3 Å². The molecular weight excluding hydrogens is 283 g/mol. The molecule has 0 atom stereocenters. The predicted molar refractivity (Wildman–Crippen MR) is 61.1 cm³/mol. The predicted octanol–water partition coefficient (Wildman–Crippen LogP) is 2.68. The summed E-state index contributed by atoms with van der Waals surface area (Å²) in [5.41, 5.74) is -0.292. The van der Waals surface area contributed by atoms with Gasteiger partial charge in [0.2, 0.25) is 0 Å². The van der Waals surface area contributed by atoms with Gasteiger partial charge < -0.3 is 4.79 Å². The van der Waals surface area contributed by atoms with Crippen LogP contribution in [0.4, 0.5) is 13.2 Å². The Kier molecular flexibility index (Phi) is 3.57. The molecule has 0 amide bonds. The third-order valence-electron chi connectivity index (χ3n) is 2.38. The summed E-state index contributed by atoms with van der Waals surface area (Å²) < 4.78 is 38.3. The molecule has 2 rings (SSSR count). The van der Waals surface area contributed by atoms with Gasteiger partial charge in [0.25, 0.3) is 0 Å². The maximum absolute atomic E-state index is 12.4. The van der Waals surface area contributed by atoms with Gasteiger partial charge >= 0.3 is 6.18 Å². The van der Waals surface area contributed by atoms with E-state index in [0.29, 0.717) is 22.6 Å². The summed E-state index contributed by atoms with van der Waals surface area (Å²) in [6.07, 6.45) is -3.14. The van der Waals surface area contributed by atoms with Crippen LogP contribution in [0.25, 0.3) is 5.69 Å². The van der Waals surface area contributed by atoms with Crippen LogP contribution in [0.5, 0.6) is 0 Å². The lowest BCUT2D eigenvalue weighted by molar-refractivity contribution is -0.141. The first-order valence-corrected chi connectivity index (χ1v) is 5.51. The van der Waals surface area contributed by atoms with Crippen molar-refractivity contribution in [2.45, 2.75) is 12.6 Å². The molecule has 100 valence electrons. The zero-order chi connectivity index (χ0) is 14.0. The van der Waals surface area contributed by atoms with Crippen molar-refractivity contribution in [3.8, 4) is 5.69 Å². The van der Waals surface area contributed by atoms with Crippen LogP contribution >= 0.6 is 11.6 Å². The van der Waals surface area contributed by atoms with E-state index in [1.165, 1.54) is 18.2 Å². The molecule has 1 aromatic carbocycles. The lowest BCUT2D eigenvalue weighted by Gasteiger charge is -2.06. The van der Waals surface area contributed by atoms with Gasteiger partial charge in [0.05, 0.1) is 11.9 Å². The molecule has 0 aliphatic carbocycles. The first kappa shape index (κ1) is 13.5. The average molecular weight is 290 g/mol. The first-order valence-electron chi connectivity index (χ1n) is 5.14. The fraction of sp³-hybridized carbons (Fsp3) is 0.182. The highest BCUT2D eigenvalue weighted by Gasteiger charge is 2.34. The SMILES string of the molecule is O=CCc1cc(Cl)ccc1-n1cc(C(F)(F)F)nn1. The van der Waals surface area contributed by atoms with Crippen molar-refractivity contribution in [1.29, 1.82) is 0 Å². The molecule has 0 aliphatic rings. The van der Waals surface area contributed by atoms with Gasteiger partial charge in [-0.25, -0.2) is 4.68 Å². The molecule has 1 heterocycles. The van der Waals surface area contributed by atoms with Crippen molar-refractivity contribution >= 4 is 17.9 Å². The Labute approximate surface area is 110 Å². The van der Waals surface area contributed by atoms with E-state index >= 15 is 0 Å². The van der Waals surface area contributed by atoms with Crippen molar-refractivity contribution in [1.82, 2.24) is 15.0 Å². The molecule has 0 spiro atoms. The number of nitrogens with zero attached hydrogens (tertiary/aromatic N) is 3. The second-order valence-electron chi connectivity index (χ2n) is 3.69. The Hall–Kier alpha value is -1.89. The van der Waals surface area contributed by atoms with Crippen molar-refractivity contribution < 1.29 is 18.0 Å². The third kappa shape index (κ3) is 2.93. The van der Waals surface area contributed by atoms with E-state index in [1.54, 1.807) is 0 Å². The van der Waals surface area contributed by atoms with Crippen molar-refractivity contribution in [3.63, 3.8) is 0 Å². The van der Waals surface area contributed by atoms with E-state index in [4.69, 9.17) is 11.6 Å². The Morgan fingerprint density at radius 3 is 2.68 bits per heavy atom. The number of rotatable bonds is 3. The number of carbonyl (C=O) groups excluding carboxylic acids is 1. The molecular formula is C11H7ClF3N3O. The number of benzene rings is 1. The van der Waals surface area contributed by atoms with Gasteiger partial charge in [-0.3, -0.25) is 0 Å². The van der Waals surface area contributed by atoms with Crippen molar-refractivity contribution in [2.24, 2.45) is 0 Å². The second kappa shape index (κ2) is 5.00. The molecule has 0 unspecified atom stereocenters. The van der Waals surface area contributed by atoms with E-state index in [9.17, 15) is 18.0 Å². The van der Waals surface area contributed by atoms with Gasteiger partial charge in [0.15, 0.2) is 5.69 Å². The molecule has 19 heavy (non-hydrogen) atoms. The molecule has 0 saturated carbocycles. The van der Waals surface area contributed by atoms with E-state index in [-0.39, 0.29) is 6.42 Å². The minimum absolute atomic E-state index is 0.0249. The van der Waals surface area contributed by atoms with Crippen LogP contribution < -0.4 is 0 Å². The summed E-state index contributed by atoms with van der Waals surface area (Å²) in [5.74, 6) is 0. The maximum Gasteiger partial charge on any atom is 0.436 e. The van der Waals surface area contributed by atoms with Crippen molar-refractivity contribution in [3.05, 3.63) is 40.7 Å². The topological polar surface area (TPSA) is 47.8 Å². The number of hydrogen-bond donors (Lipinski definition) is 0. The van der Waals surface area contributed by atoms with Gasteiger partial charge in [0, 0.05) is 11.4 Å². The van der Waals surface area contributed by atoms with Gasteiger partial charge in [-0.15, -0.1) is 5.10 Å². The minimum atomic E-state index is -4.56. The fourth-order valence-electron chi connectivity index (χ4n) is 1.54. The van der Waals surface area contributed by atoms with Crippen molar-refractivity contribution in [2.75, 3.05) is 0 Å². The maximum atomic E-state index is 12.4. The number of alkyl halides is 3. The van der Waals surface area contributed by atoms with E-state index < -0.39 is 11.9 Å². The number of hydrogen-bond acceptors (Lipinski definition) is 3. The molecule has 8 heteroatoms. The summed E-state index contributed by atoms with van der Waals surface area (Å²) in [6, 6.07) is 4.48. The second-order valence-corrected chi connectivity index (χ2v) is 4.13. The number of aldehydes is 1. The highest BCUT2D eigenvalue weighted by molar-refractivity contribution is 6.30. The molecule has 0 aliphatic heterocycles. The summed E-state index contributed by atoms with van der Waals surface area (Å²) in [6.45, 7) is 0. The van der Waals surface area contributed by atoms with E-state index in [0.717, 1.165) is 10.9 Å². The summed E-state index contributed by atoms with van der Waals surface area (Å²) in [5, 5.41) is 6.85. The quantitative estimate of drug-likeness (QED) is 0.816. The van der Waals surface area contributed by atoms with Gasteiger partial charge in [0.1, 0.15) is 6.29 Å². The Morgan fingerprint density at radius 2 is 2.11 bits per heavy atom. The molecule has 0 N–H and O–H groups in total. The molecule has 1 aromatic heterocycles. The highest BCUT2D eigenvalue weighted by Crippen LogP contribution is 2.28. The molecule has 0 radical (unpaired) electrons. The molecule has 4 nitrogen and oxygen atoms in total.